The molecule has 1 heterocycles. The van der Waals surface area contributed by atoms with E-state index in [2.05, 4.69) is 27.8 Å². The largest absolute Gasteiger partial charge is 0.494 e. The Labute approximate surface area is 243 Å². The van der Waals surface area contributed by atoms with Crippen molar-refractivity contribution in [3.05, 3.63) is 94.3 Å². The molecule has 208 valence electrons. The summed E-state index contributed by atoms with van der Waals surface area (Å²) in [6.07, 6.45) is 2.04. The van der Waals surface area contributed by atoms with E-state index in [9.17, 15) is 9.59 Å². The van der Waals surface area contributed by atoms with Gasteiger partial charge in [0.15, 0.2) is 11.0 Å². The summed E-state index contributed by atoms with van der Waals surface area (Å²) in [6, 6.07) is 20.2. The van der Waals surface area contributed by atoms with Gasteiger partial charge in [-0.3, -0.25) is 14.2 Å². The van der Waals surface area contributed by atoms with Crippen LogP contribution in [0.3, 0.4) is 0 Å². The normalized spacial score (nSPS) is 10.8. The van der Waals surface area contributed by atoms with E-state index in [1.807, 2.05) is 44.2 Å². The van der Waals surface area contributed by atoms with Gasteiger partial charge >= 0.3 is 0 Å². The monoisotopic (exact) mass is 577 g/mol. The lowest BCUT2D eigenvalue weighted by atomic mass is 10.1. The van der Waals surface area contributed by atoms with Crippen LogP contribution in [0.5, 0.6) is 5.75 Å². The first-order valence-corrected chi connectivity index (χ1v) is 14.4. The molecule has 0 aliphatic heterocycles. The molecule has 0 radical (unpaired) electrons. The Hall–Kier alpha value is -3.82. The number of hydrogen-bond donors (Lipinski definition) is 2. The molecule has 2 amide bonds. The summed E-state index contributed by atoms with van der Waals surface area (Å²) in [5.74, 6) is 0.964. The number of nitrogens with one attached hydrogen (secondary N) is 2. The highest BCUT2D eigenvalue weighted by Crippen LogP contribution is 2.25. The van der Waals surface area contributed by atoms with Crippen molar-refractivity contribution in [1.82, 2.24) is 20.1 Å². The molecule has 4 aromatic rings. The lowest BCUT2D eigenvalue weighted by Gasteiger charge is -2.12. The summed E-state index contributed by atoms with van der Waals surface area (Å²) in [5, 5.41) is 15.6. The molecule has 0 aliphatic rings. The van der Waals surface area contributed by atoms with Gasteiger partial charge in [0.05, 0.1) is 24.6 Å². The van der Waals surface area contributed by atoms with Crippen molar-refractivity contribution in [3.63, 3.8) is 0 Å². The van der Waals surface area contributed by atoms with Gasteiger partial charge in [0.2, 0.25) is 5.91 Å². The maximum absolute atomic E-state index is 12.8. The number of benzene rings is 3. The Morgan fingerprint density at radius 3 is 2.58 bits per heavy atom. The van der Waals surface area contributed by atoms with Gasteiger partial charge in [-0.25, -0.2) is 0 Å². The van der Waals surface area contributed by atoms with E-state index >= 15 is 0 Å². The van der Waals surface area contributed by atoms with E-state index in [1.165, 1.54) is 11.8 Å². The Morgan fingerprint density at radius 2 is 1.82 bits per heavy atom. The van der Waals surface area contributed by atoms with Crippen molar-refractivity contribution in [3.8, 4) is 11.4 Å². The average molecular weight is 578 g/mol. The van der Waals surface area contributed by atoms with Gasteiger partial charge in [0.1, 0.15) is 5.75 Å². The number of aromatic nitrogens is 3. The number of nitrogens with zero attached hydrogens (tertiary/aromatic N) is 3. The van der Waals surface area contributed by atoms with Crippen LogP contribution in [0.25, 0.3) is 5.69 Å². The van der Waals surface area contributed by atoms with Crippen molar-refractivity contribution < 1.29 is 14.3 Å². The zero-order chi connectivity index (χ0) is 28.5. The van der Waals surface area contributed by atoms with Crippen LogP contribution in [0, 0.1) is 13.8 Å². The van der Waals surface area contributed by atoms with Gasteiger partial charge in [0, 0.05) is 16.3 Å². The second-order valence-electron chi connectivity index (χ2n) is 9.28. The number of aryl methyl sites for hydroxylation is 2. The highest BCUT2D eigenvalue weighted by atomic mass is 35.5. The van der Waals surface area contributed by atoms with E-state index in [-0.39, 0.29) is 24.1 Å². The third kappa shape index (κ3) is 7.86. The van der Waals surface area contributed by atoms with Crippen molar-refractivity contribution in [2.45, 2.75) is 45.3 Å². The van der Waals surface area contributed by atoms with Crippen LogP contribution in [0.2, 0.25) is 5.02 Å². The quantitative estimate of drug-likeness (QED) is 0.150. The van der Waals surface area contributed by atoms with Crippen LogP contribution in [0.4, 0.5) is 5.69 Å². The molecule has 40 heavy (non-hydrogen) atoms. The summed E-state index contributed by atoms with van der Waals surface area (Å²) in [5.41, 5.74) is 4.08. The van der Waals surface area contributed by atoms with Crippen LogP contribution in [0.15, 0.2) is 71.9 Å². The molecule has 0 fully saturated rings. The second kappa shape index (κ2) is 14.0. The third-order valence-corrected chi connectivity index (χ3v) is 7.22. The fourth-order valence-corrected chi connectivity index (χ4v) is 4.82. The molecule has 0 spiro atoms. The third-order valence-electron chi connectivity index (χ3n) is 6.06. The molecule has 1 aromatic heterocycles. The van der Waals surface area contributed by atoms with Crippen molar-refractivity contribution in [1.29, 1.82) is 0 Å². The topological polar surface area (TPSA) is 98.1 Å². The highest BCUT2D eigenvalue weighted by Gasteiger charge is 2.18. The number of amides is 2. The maximum atomic E-state index is 12.8. The summed E-state index contributed by atoms with van der Waals surface area (Å²) in [4.78, 5) is 25.6. The Kier molecular flexibility index (Phi) is 10.2. The van der Waals surface area contributed by atoms with Gasteiger partial charge in [-0.2, -0.15) is 0 Å². The summed E-state index contributed by atoms with van der Waals surface area (Å²) in [6.45, 7) is 6.82. The number of carbonyl (C=O) groups excluding carboxylic acids is 2. The standard InChI is InChI=1S/C30H32ClN5O3S/c1-4-5-15-39-25-13-11-22(12-14-25)29(38)32-18-27-34-35-30(36(27)24-8-6-7-23(31)17-24)40-19-28(37)33-26-16-20(2)9-10-21(26)3/h6-14,16-17H,4-5,15,18-19H2,1-3H3,(H,32,38)(H,33,37). The first-order chi connectivity index (χ1) is 19.3. The van der Waals surface area contributed by atoms with Crippen LogP contribution in [-0.2, 0) is 11.3 Å². The molecule has 0 aliphatic carbocycles. The number of anilines is 1. The fourth-order valence-electron chi connectivity index (χ4n) is 3.87. The number of unbranched alkanes of at least 4 members (excludes halogenated alkanes) is 1. The molecule has 3 aromatic carbocycles. The first-order valence-electron chi connectivity index (χ1n) is 13.0. The zero-order valence-corrected chi connectivity index (χ0v) is 24.3. The molecule has 2 N–H and O–H groups in total. The minimum atomic E-state index is -0.247. The van der Waals surface area contributed by atoms with Gasteiger partial charge in [-0.05, 0) is 79.9 Å². The number of rotatable bonds is 12. The fraction of sp³-hybridized carbons (Fsp3) is 0.267. The minimum absolute atomic E-state index is 0.127. The van der Waals surface area contributed by atoms with Crippen LogP contribution in [-0.4, -0.2) is 38.9 Å². The predicted octanol–water partition coefficient (Wildman–Crippen LogP) is 6.38. The molecule has 4 rings (SSSR count). The Bertz CT molecular complexity index is 1470. The van der Waals surface area contributed by atoms with Crippen molar-refractivity contribution in [2.24, 2.45) is 0 Å². The molecule has 10 heteroatoms. The van der Waals surface area contributed by atoms with Crippen molar-refractivity contribution >= 4 is 40.9 Å². The van der Waals surface area contributed by atoms with E-state index in [0.717, 1.165) is 41.1 Å². The summed E-state index contributed by atoms with van der Waals surface area (Å²) < 4.78 is 7.47. The number of halogens is 1. The average Bonchev–Trinajstić information content (AvgIpc) is 3.36. The number of thioether (sulfide) groups is 1. The maximum Gasteiger partial charge on any atom is 0.251 e. The molecule has 0 unspecified atom stereocenters. The number of ether oxygens (including phenoxy) is 1. The van der Waals surface area contributed by atoms with Crippen LogP contribution in [0.1, 0.15) is 47.1 Å². The minimum Gasteiger partial charge on any atom is -0.494 e. The van der Waals surface area contributed by atoms with Crippen LogP contribution < -0.4 is 15.4 Å². The molecule has 0 atom stereocenters. The van der Waals surface area contributed by atoms with Crippen LogP contribution >= 0.6 is 23.4 Å². The summed E-state index contributed by atoms with van der Waals surface area (Å²) in [7, 11) is 0. The van der Waals surface area contributed by atoms with E-state index in [4.69, 9.17) is 16.3 Å². The van der Waals surface area contributed by atoms with E-state index in [0.29, 0.717) is 28.2 Å². The lowest BCUT2D eigenvalue weighted by Crippen LogP contribution is -2.24. The van der Waals surface area contributed by atoms with Gasteiger partial charge in [0.25, 0.3) is 5.91 Å². The number of carbonyl (C=O) groups is 2. The highest BCUT2D eigenvalue weighted by molar-refractivity contribution is 7.99. The Balaban J connectivity index is 1.45. The molecule has 0 saturated heterocycles. The predicted molar refractivity (Wildman–Crippen MR) is 160 cm³/mol. The van der Waals surface area contributed by atoms with E-state index < -0.39 is 0 Å². The molecule has 8 nitrogen and oxygen atoms in total. The molecular formula is C30H32ClN5O3S. The van der Waals surface area contributed by atoms with Gasteiger partial charge < -0.3 is 15.4 Å². The number of hydrogen-bond acceptors (Lipinski definition) is 6. The van der Waals surface area contributed by atoms with Gasteiger partial charge in [-0.1, -0.05) is 54.9 Å². The smallest absolute Gasteiger partial charge is 0.251 e. The summed E-state index contributed by atoms with van der Waals surface area (Å²) >= 11 is 7.52. The van der Waals surface area contributed by atoms with Crippen molar-refractivity contribution in [2.75, 3.05) is 17.7 Å². The Morgan fingerprint density at radius 1 is 1.02 bits per heavy atom. The van der Waals surface area contributed by atoms with E-state index in [1.54, 1.807) is 41.0 Å². The molecule has 0 saturated carbocycles. The first kappa shape index (κ1) is 29.2. The SMILES string of the molecule is CCCCOc1ccc(C(=O)NCc2nnc(SCC(=O)Nc3cc(C)ccc3C)n2-c2cccc(Cl)c2)cc1. The molecule has 0 bridgehead atoms. The molecular weight excluding hydrogens is 546 g/mol. The lowest BCUT2D eigenvalue weighted by molar-refractivity contribution is -0.113. The second-order valence-corrected chi connectivity index (χ2v) is 10.7. The zero-order valence-electron chi connectivity index (χ0n) is 22.7. The van der Waals surface area contributed by atoms with Gasteiger partial charge in [-0.15, -0.1) is 10.2 Å².